The first-order chi connectivity index (χ1) is 9.09. The van der Waals surface area contributed by atoms with Gasteiger partial charge in [0.15, 0.2) is 5.96 Å². The van der Waals surface area contributed by atoms with Crippen molar-refractivity contribution in [2.24, 2.45) is 10.7 Å². The van der Waals surface area contributed by atoms with Crippen LogP contribution < -0.4 is 11.1 Å². The molecule has 0 amide bonds. The molecule has 4 N–H and O–H groups in total. The minimum atomic E-state index is -0.730. The second-order valence-electron chi connectivity index (χ2n) is 4.92. The highest BCUT2D eigenvalue weighted by atomic mass is 16.3. The van der Waals surface area contributed by atoms with Crippen LogP contribution in [0.5, 0.6) is 0 Å². The van der Waals surface area contributed by atoms with Gasteiger partial charge in [-0.05, 0) is 25.0 Å². The Balaban J connectivity index is 2.58. The third-order valence-electron chi connectivity index (χ3n) is 3.02. The summed E-state index contributed by atoms with van der Waals surface area (Å²) in [6.45, 7) is 4.48. The molecule has 0 bridgehead atoms. The van der Waals surface area contributed by atoms with Crippen molar-refractivity contribution >= 4 is 11.6 Å². The van der Waals surface area contributed by atoms with Crippen LogP contribution in [-0.2, 0) is 0 Å². The lowest BCUT2D eigenvalue weighted by Gasteiger charge is -2.25. The molecule has 4 heteroatoms. The lowest BCUT2D eigenvalue weighted by molar-refractivity contribution is 0.0307. The molecule has 0 spiro atoms. The number of nitrogens with one attached hydrogen (secondary N) is 1. The molecular formula is C15H25N3O. The summed E-state index contributed by atoms with van der Waals surface area (Å²) in [6, 6.07) is 9.65. The zero-order chi connectivity index (χ0) is 14.1. The fourth-order valence-corrected chi connectivity index (χ4v) is 2.16. The number of hydrogen-bond acceptors (Lipinski definition) is 2. The molecule has 19 heavy (non-hydrogen) atoms. The second-order valence-corrected chi connectivity index (χ2v) is 4.92. The molecule has 0 radical (unpaired) electrons. The van der Waals surface area contributed by atoms with Crippen LogP contribution >= 0.6 is 0 Å². The average Bonchev–Trinajstić information content (AvgIpc) is 2.38. The lowest BCUT2D eigenvalue weighted by atomic mass is 9.93. The standard InChI is InChI=1S/C15H25N3O/c1-3-10-15(19,11-4-2)12-17-14(16)18-13-8-6-5-7-9-13/h5-9,19H,3-4,10-12H2,1-2H3,(H3,16,17,18). The zero-order valence-corrected chi connectivity index (χ0v) is 11.9. The van der Waals surface area contributed by atoms with E-state index in [1.165, 1.54) is 0 Å². The molecular weight excluding hydrogens is 238 g/mol. The van der Waals surface area contributed by atoms with E-state index >= 15 is 0 Å². The van der Waals surface area contributed by atoms with E-state index < -0.39 is 5.60 Å². The molecule has 1 rings (SSSR count). The maximum atomic E-state index is 10.4. The van der Waals surface area contributed by atoms with E-state index in [1.807, 2.05) is 30.3 Å². The number of hydrogen-bond donors (Lipinski definition) is 3. The number of rotatable bonds is 7. The molecule has 0 aliphatic carbocycles. The summed E-state index contributed by atoms with van der Waals surface area (Å²) in [5.74, 6) is 0.344. The Morgan fingerprint density at radius 1 is 1.21 bits per heavy atom. The maximum absolute atomic E-state index is 10.4. The molecule has 0 unspecified atom stereocenters. The van der Waals surface area contributed by atoms with Gasteiger partial charge in [-0.15, -0.1) is 0 Å². The van der Waals surface area contributed by atoms with Crippen LogP contribution in [-0.4, -0.2) is 23.2 Å². The highest BCUT2D eigenvalue weighted by molar-refractivity contribution is 5.92. The number of nitrogens with zero attached hydrogens (tertiary/aromatic N) is 1. The molecule has 106 valence electrons. The van der Waals surface area contributed by atoms with E-state index in [2.05, 4.69) is 24.2 Å². The van der Waals surface area contributed by atoms with Crippen molar-refractivity contribution in [3.8, 4) is 0 Å². The lowest BCUT2D eigenvalue weighted by Crippen LogP contribution is -2.34. The Morgan fingerprint density at radius 2 is 1.79 bits per heavy atom. The third kappa shape index (κ3) is 5.75. The van der Waals surface area contributed by atoms with Gasteiger partial charge in [-0.2, -0.15) is 0 Å². The van der Waals surface area contributed by atoms with E-state index in [0.29, 0.717) is 12.5 Å². The number of aliphatic imine (C=N–C) groups is 1. The predicted octanol–water partition coefficient (Wildman–Crippen LogP) is 2.74. The number of benzene rings is 1. The molecule has 0 fully saturated rings. The molecule has 0 aliphatic heterocycles. The van der Waals surface area contributed by atoms with Crippen molar-refractivity contribution < 1.29 is 5.11 Å². The Hall–Kier alpha value is -1.55. The van der Waals surface area contributed by atoms with Gasteiger partial charge in [-0.1, -0.05) is 44.9 Å². The summed E-state index contributed by atoms with van der Waals surface area (Å²) in [4.78, 5) is 4.26. The van der Waals surface area contributed by atoms with Crippen LogP contribution in [0.1, 0.15) is 39.5 Å². The van der Waals surface area contributed by atoms with Crippen molar-refractivity contribution in [3.05, 3.63) is 30.3 Å². The van der Waals surface area contributed by atoms with Gasteiger partial charge in [0, 0.05) is 5.69 Å². The van der Waals surface area contributed by atoms with E-state index in [4.69, 9.17) is 5.73 Å². The summed E-state index contributed by atoms with van der Waals surface area (Å²) in [7, 11) is 0. The predicted molar refractivity (Wildman–Crippen MR) is 81.3 cm³/mol. The number of guanidine groups is 1. The average molecular weight is 263 g/mol. The topological polar surface area (TPSA) is 70.6 Å². The van der Waals surface area contributed by atoms with E-state index in [0.717, 1.165) is 31.4 Å². The highest BCUT2D eigenvalue weighted by Gasteiger charge is 2.24. The summed E-state index contributed by atoms with van der Waals surface area (Å²) in [5, 5.41) is 13.5. The van der Waals surface area contributed by atoms with Crippen LogP contribution in [0, 0.1) is 0 Å². The minimum Gasteiger partial charge on any atom is -0.388 e. The molecule has 0 aromatic heterocycles. The van der Waals surface area contributed by atoms with Crippen LogP contribution in [0.4, 0.5) is 5.69 Å². The zero-order valence-electron chi connectivity index (χ0n) is 11.9. The monoisotopic (exact) mass is 263 g/mol. The van der Waals surface area contributed by atoms with Gasteiger partial charge in [-0.3, -0.25) is 4.99 Å². The fourth-order valence-electron chi connectivity index (χ4n) is 2.16. The summed E-state index contributed by atoms with van der Waals surface area (Å²) in [6.07, 6.45) is 3.39. The first-order valence-corrected chi connectivity index (χ1v) is 6.94. The second kappa shape index (κ2) is 7.79. The molecule has 0 heterocycles. The molecule has 0 atom stereocenters. The Morgan fingerprint density at radius 3 is 2.32 bits per heavy atom. The van der Waals surface area contributed by atoms with Crippen molar-refractivity contribution in [1.82, 2.24) is 0 Å². The van der Waals surface area contributed by atoms with Crippen LogP contribution in [0.25, 0.3) is 0 Å². The highest BCUT2D eigenvalue weighted by Crippen LogP contribution is 2.19. The number of nitrogens with two attached hydrogens (primary N) is 1. The fraction of sp³-hybridized carbons (Fsp3) is 0.533. The van der Waals surface area contributed by atoms with Gasteiger partial charge >= 0.3 is 0 Å². The van der Waals surface area contributed by atoms with Gasteiger partial charge in [0.25, 0.3) is 0 Å². The smallest absolute Gasteiger partial charge is 0.193 e. The number of aliphatic hydroxyl groups is 1. The van der Waals surface area contributed by atoms with Gasteiger partial charge < -0.3 is 16.2 Å². The van der Waals surface area contributed by atoms with Crippen LogP contribution in [0.3, 0.4) is 0 Å². The van der Waals surface area contributed by atoms with Crippen LogP contribution in [0.2, 0.25) is 0 Å². The quantitative estimate of drug-likeness (QED) is 0.523. The maximum Gasteiger partial charge on any atom is 0.193 e. The van der Waals surface area contributed by atoms with Gasteiger partial charge in [-0.25, -0.2) is 0 Å². The Labute approximate surface area is 115 Å². The van der Waals surface area contributed by atoms with Crippen molar-refractivity contribution in [2.75, 3.05) is 11.9 Å². The Bertz CT molecular complexity index is 384. The molecule has 1 aromatic rings. The normalized spacial score (nSPS) is 12.5. The number of anilines is 1. The van der Waals surface area contributed by atoms with E-state index in [9.17, 15) is 5.11 Å². The van der Waals surface area contributed by atoms with Crippen LogP contribution in [0.15, 0.2) is 35.3 Å². The summed E-state index contributed by atoms with van der Waals surface area (Å²) < 4.78 is 0. The van der Waals surface area contributed by atoms with Gasteiger partial charge in [0.2, 0.25) is 0 Å². The molecule has 0 saturated heterocycles. The van der Waals surface area contributed by atoms with Gasteiger partial charge in [0.05, 0.1) is 12.1 Å². The first-order valence-electron chi connectivity index (χ1n) is 6.94. The summed E-state index contributed by atoms with van der Waals surface area (Å²) >= 11 is 0. The third-order valence-corrected chi connectivity index (χ3v) is 3.02. The number of para-hydroxylation sites is 1. The van der Waals surface area contributed by atoms with Gasteiger partial charge in [0.1, 0.15) is 0 Å². The van der Waals surface area contributed by atoms with Crippen molar-refractivity contribution in [1.29, 1.82) is 0 Å². The largest absolute Gasteiger partial charge is 0.388 e. The first kappa shape index (κ1) is 15.5. The van der Waals surface area contributed by atoms with Crippen molar-refractivity contribution in [3.63, 3.8) is 0 Å². The molecule has 0 saturated carbocycles. The molecule has 1 aromatic carbocycles. The Kier molecular flexibility index (Phi) is 6.36. The summed E-state index contributed by atoms with van der Waals surface area (Å²) in [5.41, 5.74) is 6.00. The minimum absolute atomic E-state index is 0.344. The molecule has 0 aliphatic rings. The van der Waals surface area contributed by atoms with E-state index in [-0.39, 0.29) is 0 Å². The SMILES string of the molecule is CCCC(O)(CCC)CN=C(N)Nc1ccccc1. The molecule has 4 nitrogen and oxygen atoms in total. The van der Waals surface area contributed by atoms with E-state index in [1.54, 1.807) is 0 Å². The van der Waals surface area contributed by atoms with Crippen molar-refractivity contribution in [2.45, 2.75) is 45.1 Å².